The van der Waals surface area contributed by atoms with E-state index >= 15 is 0 Å². The van der Waals surface area contributed by atoms with Crippen molar-refractivity contribution < 1.29 is 13.9 Å². The SMILES string of the molecule is COCc1c(C(=O)NCC2CCCN(Cc3cccs3)C2)sc2cccc(F)c12. The van der Waals surface area contributed by atoms with E-state index in [0.29, 0.717) is 28.3 Å². The number of carbonyl (C=O) groups excluding carboxylic acids is 1. The van der Waals surface area contributed by atoms with Gasteiger partial charge < -0.3 is 10.1 Å². The first-order chi connectivity index (χ1) is 14.2. The van der Waals surface area contributed by atoms with Crippen molar-refractivity contribution in [1.82, 2.24) is 10.2 Å². The quantitative estimate of drug-likeness (QED) is 0.578. The maximum absolute atomic E-state index is 14.3. The second-order valence-electron chi connectivity index (χ2n) is 7.49. The fourth-order valence-corrected chi connectivity index (χ4v) is 5.92. The Morgan fingerprint density at radius 1 is 1.34 bits per heavy atom. The van der Waals surface area contributed by atoms with Gasteiger partial charge in [0.25, 0.3) is 5.91 Å². The van der Waals surface area contributed by atoms with Gasteiger partial charge in [-0.1, -0.05) is 12.1 Å². The summed E-state index contributed by atoms with van der Waals surface area (Å²) in [5.74, 6) is -0.000897. The number of halogens is 1. The molecule has 1 aliphatic heterocycles. The van der Waals surface area contributed by atoms with Crippen molar-refractivity contribution in [2.75, 3.05) is 26.7 Å². The average molecular weight is 433 g/mol. The topological polar surface area (TPSA) is 41.6 Å². The number of benzene rings is 1. The molecule has 0 saturated carbocycles. The lowest BCUT2D eigenvalue weighted by Crippen LogP contribution is -2.40. The lowest BCUT2D eigenvalue weighted by molar-refractivity contribution is 0.0931. The highest BCUT2D eigenvalue weighted by atomic mass is 32.1. The third-order valence-electron chi connectivity index (χ3n) is 5.37. The summed E-state index contributed by atoms with van der Waals surface area (Å²) in [4.78, 5) is 17.3. The number of thiophene rings is 2. The van der Waals surface area contributed by atoms with Crippen molar-refractivity contribution >= 4 is 38.7 Å². The number of ether oxygens (including phenoxy) is 1. The van der Waals surface area contributed by atoms with Crippen LogP contribution in [0.3, 0.4) is 0 Å². The zero-order valence-electron chi connectivity index (χ0n) is 16.4. The highest BCUT2D eigenvalue weighted by Crippen LogP contribution is 2.33. The molecule has 0 bridgehead atoms. The predicted octanol–water partition coefficient (Wildman–Crippen LogP) is 4.89. The highest BCUT2D eigenvalue weighted by molar-refractivity contribution is 7.21. The molecule has 1 atom stereocenters. The zero-order valence-corrected chi connectivity index (χ0v) is 18.1. The van der Waals surface area contributed by atoms with E-state index in [-0.39, 0.29) is 18.3 Å². The number of nitrogens with one attached hydrogen (secondary N) is 1. The molecule has 1 saturated heterocycles. The minimum Gasteiger partial charge on any atom is -0.380 e. The molecule has 1 fully saturated rings. The molecule has 3 heterocycles. The van der Waals surface area contributed by atoms with Gasteiger partial charge in [-0.25, -0.2) is 4.39 Å². The van der Waals surface area contributed by atoms with E-state index < -0.39 is 0 Å². The van der Waals surface area contributed by atoms with Crippen LogP contribution in [0.4, 0.5) is 4.39 Å². The molecule has 4 rings (SSSR count). The normalized spacial score (nSPS) is 17.7. The molecule has 1 amide bonds. The third kappa shape index (κ3) is 4.69. The zero-order chi connectivity index (χ0) is 20.2. The lowest BCUT2D eigenvalue weighted by atomic mass is 9.98. The van der Waals surface area contributed by atoms with Crippen molar-refractivity contribution in [3.8, 4) is 0 Å². The largest absolute Gasteiger partial charge is 0.380 e. The molecule has 1 aliphatic rings. The maximum Gasteiger partial charge on any atom is 0.261 e. The first-order valence-electron chi connectivity index (χ1n) is 9.87. The highest BCUT2D eigenvalue weighted by Gasteiger charge is 2.24. The molecule has 2 aromatic heterocycles. The Bertz CT molecular complexity index is 971. The van der Waals surface area contributed by atoms with Crippen molar-refractivity contribution in [1.29, 1.82) is 0 Å². The number of hydrogen-bond donors (Lipinski definition) is 1. The molecular formula is C22H25FN2O2S2. The molecule has 0 spiro atoms. The summed E-state index contributed by atoms with van der Waals surface area (Å²) in [6.07, 6.45) is 2.27. The number of carbonyl (C=O) groups is 1. The van der Waals surface area contributed by atoms with E-state index in [1.54, 1.807) is 24.5 Å². The Morgan fingerprint density at radius 2 is 2.24 bits per heavy atom. The molecule has 29 heavy (non-hydrogen) atoms. The fraction of sp³-hybridized carbons (Fsp3) is 0.409. The van der Waals surface area contributed by atoms with Crippen LogP contribution in [0.5, 0.6) is 0 Å². The van der Waals surface area contributed by atoms with Gasteiger partial charge in [0.15, 0.2) is 0 Å². The lowest BCUT2D eigenvalue weighted by Gasteiger charge is -2.32. The van der Waals surface area contributed by atoms with Crippen LogP contribution in [0.2, 0.25) is 0 Å². The van der Waals surface area contributed by atoms with E-state index in [1.165, 1.54) is 22.3 Å². The number of piperidine rings is 1. The van der Waals surface area contributed by atoms with E-state index in [4.69, 9.17) is 4.74 Å². The molecule has 4 nitrogen and oxygen atoms in total. The number of methoxy groups -OCH3 is 1. The third-order valence-corrected chi connectivity index (χ3v) is 7.43. The van der Waals surface area contributed by atoms with Crippen LogP contribution in [0.25, 0.3) is 10.1 Å². The molecule has 1 N–H and O–H groups in total. The molecule has 0 radical (unpaired) electrons. The van der Waals surface area contributed by atoms with Gasteiger partial charge in [0.2, 0.25) is 0 Å². The number of fused-ring (bicyclic) bond motifs is 1. The summed E-state index contributed by atoms with van der Waals surface area (Å²) in [5, 5.41) is 5.71. The van der Waals surface area contributed by atoms with Gasteiger partial charge in [-0.05, 0) is 48.9 Å². The average Bonchev–Trinajstić information content (AvgIpc) is 3.35. The van der Waals surface area contributed by atoms with Crippen LogP contribution in [0, 0.1) is 11.7 Å². The van der Waals surface area contributed by atoms with Crippen molar-refractivity contribution in [2.24, 2.45) is 5.92 Å². The van der Waals surface area contributed by atoms with Gasteiger partial charge in [-0.15, -0.1) is 22.7 Å². The van der Waals surface area contributed by atoms with Crippen LogP contribution in [-0.2, 0) is 17.9 Å². The summed E-state index contributed by atoms with van der Waals surface area (Å²) in [7, 11) is 1.57. The van der Waals surface area contributed by atoms with Crippen LogP contribution >= 0.6 is 22.7 Å². The number of hydrogen-bond acceptors (Lipinski definition) is 5. The molecule has 1 aromatic carbocycles. The Balaban J connectivity index is 1.42. The first kappa shape index (κ1) is 20.5. The fourth-order valence-electron chi connectivity index (χ4n) is 4.03. The van der Waals surface area contributed by atoms with Crippen molar-refractivity contribution in [3.63, 3.8) is 0 Å². The second kappa shape index (κ2) is 9.34. The van der Waals surface area contributed by atoms with Crippen molar-refractivity contribution in [2.45, 2.75) is 26.0 Å². The number of rotatable bonds is 7. The summed E-state index contributed by atoms with van der Waals surface area (Å²) in [5.41, 5.74) is 0.645. The van der Waals surface area contributed by atoms with Gasteiger partial charge in [-0.3, -0.25) is 9.69 Å². The first-order valence-corrected chi connectivity index (χ1v) is 11.6. The number of nitrogens with zero attached hydrogens (tertiary/aromatic N) is 1. The second-order valence-corrected chi connectivity index (χ2v) is 9.57. The van der Waals surface area contributed by atoms with Gasteiger partial charge in [0.1, 0.15) is 5.82 Å². The summed E-state index contributed by atoms with van der Waals surface area (Å²) in [6, 6.07) is 9.22. The van der Waals surface area contributed by atoms with Crippen LogP contribution in [-0.4, -0.2) is 37.6 Å². The van der Waals surface area contributed by atoms with Crippen molar-refractivity contribution in [3.05, 3.63) is 56.8 Å². The Morgan fingerprint density at radius 3 is 3.03 bits per heavy atom. The molecule has 3 aromatic rings. The summed E-state index contributed by atoms with van der Waals surface area (Å²) >= 11 is 3.13. The summed E-state index contributed by atoms with van der Waals surface area (Å²) in [6.45, 7) is 3.94. The van der Waals surface area contributed by atoms with E-state index in [1.807, 2.05) is 6.07 Å². The molecule has 154 valence electrons. The van der Waals surface area contributed by atoms with Gasteiger partial charge >= 0.3 is 0 Å². The minimum absolute atomic E-state index is 0.131. The Hall–Kier alpha value is -1.80. The number of likely N-dealkylation sites (tertiary alicyclic amines) is 1. The van der Waals surface area contributed by atoms with E-state index in [2.05, 4.69) is 27.7 Å². The summed E-state index contributed by atoms with van der Waals surface area (Å²) < 4.78 is 20.4. The standard InChI is InChI=1S/C22H25FN2O2S2/c1-27-14-17-20-18(23)7-2-8-19(20)29-21(17)22(26)24-11-15-5-3-9-25(12-15)13-16-6-4-10-28-16/h2,4,6-8,10,15H,3,5,9,11-14H2,1H3,(H,24,26). The van der Waals surface area contributed by atoms with Gasteiger partial charge in [0, 0.05) is 47.3 Å². The van der Waals surface area contributed by atoms with Crippen LogP contribution in [0.1, 0.15) is 33.0 Å². The molecule has 0 aliphatic carbocycles. The van der Waals surface area contributed by atoms with E-state index in [9.17, 15) is 9.18 Å². The smallest absolute Gasteiger partial charge is 0.261 e. The monoisotopic (exact) mass is 432 g/mol. The number of amides is 1. The minimum atomic E-state index is -0.304. The van der Waals surface area contributed by atoms with Crippen LogP contribution < -0.4 is 5.32 Å². The van der Waals surface area contributed by atoms with Gasteiger partial charge in [0.05, 0.1) is 11.5 Å². The van der Waals surface area contributed by atoms with E-state index in [0.717, 1.165) is 37.2 Å². The predicted molar refractivity (Wildman–Crippen MR) is 117 cm³/mol. The van der Waals surface area contributed by atoms with Gasteiger partial charge in [-0.2, -0.15) is 0 Å². The Kier molecular flexibility index (Phi) is 6.60. The molecule has 1 unspecified atom stereocenters. The molecular weight excluding hydrogens is 407 g/mol. The Labute approximate surface area is 178 Å². The van der Waals surface area contributed by atoms with Crippen LogP contribution in [0.15, 0.2) is 35.7 Å². The molecule has 7 heteroatoms. The maximum atomic E-state index is 14.3.